The van der Waals surface area contributed by atoms with Crippen molar-refractivity contribution < 1.29 is 9.53 Å². The highest BCUT2D eigenvalue weighted by atomic mass is 16.5. The molecule has 3 aromatic rings. The van der Waals surface area contributed by atoms with Crippen molar-refractivity contribution in [2.24, 2.45) is 5.73 Å². The van der Waals surface area contributed by atoms with Crippen molar-refractivity contribution in [3.05, 3.63) is 53.9 Å². The first kappa shape index (κ1) is 29.3. The molecule has 0 aliphatic carbocycles. The Bertz CT molecular complexity index is 1390. The molecule has 228 valence electrons. The van der Waals surface area contributed by atoms with Gasteiger partial charge in [0.1, 0.15) is 5.69 Å². The molecule has 0 bridgehead atoms. The molecule has 0 atom stereocenters. The van der Waals surface area contributed by atoms with Crippen molar-refractivity contribution in [2.75, 3.05) is 75.1 Å². The number of primary amides is 1. The highest BCUT2D eigenvalue weighted by Crippen LogP contribution is 2.31. The first-order valence-electron chi connectivity index (χ1n) is 15.5. The number of nitrogens with zero attached hydrogens (tertiary/aromatic N) is 6. The zero-order valence-corrected chi connectivity index (χ0v) is 25.3. The van der Waals surface area contributed by atoms with Crippen molar-refractivity contribution >= 4 is 28.9 Å². The lowest BCUT2D eigenvalue weighted by molar-refractivity contribution is 0.0904. The molecule has 2 aromatic heterocycles. The first-order chi connectivity index (χ1) is 20.9. The van der Waals surface area contributed by atoms with E-state index in [1.807, 2.05) is 31.2 Å². The number of amides is 1. The number of hydrogen-bond acceptors (Lipinski definition) is 10. The Morgan fingerprint density at radius 3 is 2.33 bits per heavy atom. The fourth-order valence-electron chi connectivity index (χ4n) is 6.24. The lowest BCUT2D eigenvalue weighted by Crippen LogP contribution is -2.52. The molecule has 6 rings (SSSR count). The summed E-state index contributed by atoms with van der Waals surface area (Å²) in [5.74, 6) is 0.234. The number of carbonyl (C=O) groups is 1. The summed E-state index contributed by atoms with van der Waals surface area (Å²) in [6.07, 6.45) is 5.82. The van der Waals surface area contributed by atoms with Gasteiger partial charge in [-0.15, -0.1) is 0 Å². The molecule has 11 heteroatoms. The Morgan fingerprint density at radius 1 is 0.930 bits per heavy atom. The molecule has 3 aliphatic heterocycles. The normalized spacial score (nSPS) is 19.3. The number of hydrogen-bond donors (Lipinski definition) is 3. The van der Waals surface area contributed by atoms with Crippen molar-refractivity contribution in [2.45, 2.75) is 44.7 Å². The van der Waals surface area contributed by atoms with Crippen LogP contribution >= 0.6 is 0 Å². The van der Waals surface area contributed by atoms with Crippen LogP contribution in [0.2, 0.25) is 0 Å². The van der Waals surface area contributed by atoms with Crippen LogP contribution in [-0.4, -0.2) is 102 Å². The van der Waals surface area contributed by atoms with Crippen LogP contribution in [0.15, 0.2) is 42.6 Å². The molecule has 43 heavy (non-hydrogen) atoms. The van der Waals surface area contributed by atoms with Gasteiger partial charge in [-0.1, -0.05) is 0 Å². The minimum atomic E-state index is -0.652. The number of nitrogens with two attached hydrogens (primary N) is 1. The molecule has 0 radical (unpaired) electrons. The predicted octanol–water partition coefficient (Wildman–Crippen LogP) is 3.50. The van der Waals surface area contributed by atoms with E-state index in [1.54, 1.807) is 6.20 Å². The average molecular weight is 586 g/mol. The van der Waals surface area contributed by atoms with Crippen LogP contribution in [0.3, 0.4) is 0 Å². The largest absolute Gasteiger partial charge is 0.381 e. The highest BCUT2D eigenvalue weighted by molar-refractivity contribution is 5.97. The second-order valence-corrected chi connectivity index (χ2v) is 12.0. The number of likely N-dealkylation sites (N-methyl/N-ethyl adjacent to an activating group) is 1. The second kappa shape index (κ2) is 13.2. The monoisotopic (exact) mass is 585 g/mol. The summed E-state index contributed by atoms with van der Waals surface area (Å²) in [5.41, 5.74) is 10.1. The number of anilines is 4. The smallest absolute Gasteiger partial charge is 0.271 e. The molecule has 4 N–H and O–H groups in total. The van der Waals surface area contributed by atoms with Crippen LogP contribution in [0.1, 0.15) is 41.7 Å². The van der Waals surface area contributed by atoms with Gasteiger partial charge in [-0.2, -0.15) is 0 Å². The van der Waals surface area contributed by atoms with E-state index in [1.165, 1.54) is 31.6 Å². The molecule has 5 heterocycles. The van der Waals surface area contributed by atoms with Crippen LogP contribution in [0.25, 0.3) is 11.4 Å². The Kier molecular flexibility index (Phi) is 9.01. The van der Waals surface area contributed by atoms with Crippen LogP contribution in [0.4, 0.5) is 23.0 Å². The lowest BCUT2D eigenvalue weighted by Gasteiger charge is -2.42. The van der Waals surface area contributed by atoms with E-state index < -0.39 is 5.91 Å². The summed E-state index contributed by atoms with van der Waals surface area (Å²) in [5, 5.41) is 6.86. The molecule has 0 saturated carbocycles. The van der Waals surface area contributed by atoms with Crippen LogP contribution in [0, 0.1) is 6.92 Å². The number of ether oxygens (including phenoxy) is 1. The van der Waals surface area contributed by atoms with Gasteiger partial charge in [-0.25, -0.2) is 9.97 Å². The van der Waals surface area contributed by atoms with Crippen molar-refractivity contribution in [1.82, 2.24) is 24.8 Å². The van der Waals surface area contributed by atoms with E-state index in [-0.39, 0.29) is 11.7 Å². The Hall–Kier alpha value is -3.80. The number of aryl methyl sites for hydroxylation is 1. The number of aromatic nitrogens is 3. The summed E-state index contributed by atoms with van der Waals surface area (Å²) in [4.78, 5) is 34.2. The molecule has 11 nitrogen and oxygen atoms in total. The van der Waals surface area contributed by atoms with E-state index in [9.17, 15) is 4.79 Å². The summed E-state index contributed by atoms with van der Waals surface area (Å²) >= 11 is 0. The van der Waals surface area contributed by atoms with Gasteiger partial charge in [0.15, 0.2) is 17.3 Å². The van der Waals surface area contributed by atoms with Gasteiger partial charge in [-0.3, -0.25) is 14.7 Å². The van der Waals surface area contributed by atoms with Crippen LogP contribution < -0.4 is 21.3 Å². The number of carbonyl (C=O) groups excluding carboxylic acids is 1. The average Bonchev–Trinajstić information content (AvgIpc) is 3.02. The third kappa shape index (κ3) is 7.06. The Morgan fingerprint density at radius 2 is 1.65 bits per heavy atom. The van der Waals surface area contributed by atoms with Crippen LogP contribution in [0.5, 0.6) is 0 Å². The van der Waals surface area contributed by atoms with E-state index in [0.717, 1.165) is 50.3 Å². The molecule has 1 amide bonds. The predicted molar refractivity (Wildman–Crippen MR) is 170 cm³/mol. The standard InChI is InChI=1S/C32H43N9O2/c1-22-7-12-34-27(21-22)28-31(36-24-10-19-43-20-11-24)38-32(29(37-28)30(33)42)35-23-3-5-25(6-4-23)40-13-8-26(9-14-40)41-17-15-39(2)16-18-41/h3-7,12,21,24,26H,8-11,13-20H2,1-2H3,(H2,33,42)(H2,35,36,38). The molecule has 1 aromatic carbocycles. The summed E-state index contributed by atoms with van der Waals surface area (Å²) in [7, 11) is 2.21. The van der Waals surface area contributed by atoms with E-state index >= 15 is 0 Å². The highest BCUT2D eigenvalue weighted by Gasteiger charge is 2.27. The first-order valence-corrected chi connectivity index (χ1v) is 15.5. The van der Waals surface area contributed by atoms with Crippen molar-refractivity contribution in [1.29, 1.82) is 0 Å². The number of nitrogens with one attached hydrogen (secondary N) is 2. The van der Waals surface area contributed by atoms with E-state index in [2.05, 4.69) is 49.5 Å². The quantitative estimate of drug-likeness (QED) is 0.362. The third-order valence-electron chi connectivity index (χ3n) is 8.86. The minimum absolute atomic E-state index is 0.0749. The second-order valence-electron chi connectivity index (χ2n) is 12.0. The maximum Gasteiger partial charge on any atom is 0.271 e. The number of pyridine rings is 1. The number of benzene rings is 1. The zero-order chi connectivity index (χ0) is 29.8. The number of rotatable bonds is 8. The van der Waals surface area contributed by atoms with Gasteiger partial charge in [0.05, 0.1) is 5.69 Å². The molecule has 3 saturated heterocycles. The fourth-order valence-corrected chi connectivity index (χ4v) is 6.24. The minimum Gasteiger partial charge on any atom is -0.381 e. The number of piperazine rings is 1. The molecular weight excluding hydrogens is 542 g/mol. The van der Waals surface area contributed by atoms with Gasteiger partial charge in [-0.05, 0) is 81.6 Å². The van der Waals surface area contributed by atoms with Gasteiger partial charge < -0.3 is 30.9 Å². The van der Waals surface area contributed by atoms with Gasteiger partial charge >= 0.3 is 0 Å². The van der Waals surface area contributed by atoms with Gasteiger partial charge in [0, 0.05) is 82.1 Å². The molecular formula is C32H43N9O2. The summed E-state index contributed by atoms with van der Waals surface area (Å²) in [6.45, 7) is 10.1. The summed E-state index contributed by atoms with van der Waals surface area (Å²) < 4.78 is 5.54. The molecule has 3 aliphatic rings. The Labute approximate surface area is 253 Å². The van der Waals surface area contributed by atoms with Gasteiger partial charge in [0.25, 0.3) is 5.91 Å². The topological polar surface area (TPSA) is 125 Å². The molecule has 0 unspecified atom stereocenters. The third-order valence-corrected chi connectivity index (χ3v) is 8.86. The maximum atomic E-state index is 12.6. The lowest BCUT2D eigenvalue weighted by atomic mass is 10.0. The van der Waals surface area contributed by atoms with Crippen LogP contribution in [-0.2, 0) is 4.74 Å². The Balaban J connectivity index is 1.19. The van der Waals surface area contributed by atoms with Gasteiger partial charge in [0.2, 0.25) is 0 Å². The summed E-state index contributed by atoms with van der Waals surface area (Å²) in [6, 6.07) is 13.0. The SMILES string of the molecule is Cc1ccnc(-c2nc(C(N)=O)c(Nc3ccc(N4CCC(N5CCN(C)CC5)CC4)cc3)nc2NC2CCOCC2)c1. The van der Waals surface area contributed by atoms with Crippen molar-refractivity contribution in [3.63, 3.8) is 0 Å². The fraction of sp³-hybridized carbons (Fsp3) is 0.500. The molecule has 0 spiro atoms. The van der Waals surface area contributed by atoms with E-state index in [0.29, 0.717) is 42.3 Å². The van der Waals surface area contributed by atoms with Crippen molar-refractivity contribution in [3.8, 4) is 11.4 Å². The molecule has 3 fully saturated rings. The number of piperidine rings is 1. The zero-order valence-electron chi connectivity index (χ0n) is 25.3. The maximum absolute atomic E-state index is 12.6. The van der Waals surface area contributed by atoms with E-state index in [4.69, 9.17) is 20.4 Å².